The molecule has 1 unspecified atom stereocenters. The third-order valence-corrected chi connectivity index (χ3v) is 2.41. The van der Waals surface area contributed by atoms with Crippen LogP contribution in [0.3, 0.4) is 0 Å². The highest BCUT2D eigenvalue weighted by molar-refractivity contribution is 14.1. The van der Waals surface area contributed by atoms with Gasteiger partial charge in [-0.15, -0.1) is 0 Å². The Labute approximate surface area is 97.9 Å². The van der Waals surface area contributed by atoms with E-state index in [0.29, 0.717) is 15.0 Å². The van der Waals surface area contributed by atoms with E-state index >= 15 is 0 Å². The second-order valence-corrected chi connectivity index (χ2v) is 3.83. The highest BCUT2D eigenvalue weighted by atomic mass is 127. The molecule has 0 saturated heterocycles. The maximum atomic E-state index is 10.6. The first-order valence-corrected chi connectivity index (χ1v) is 5.13. The number of carboxylic acids is 1. The molecule has 78 valence electrons. The summed E-state index contributed by atoms with van der Waals surface area (Å²) >= 11 is 1.88. The number of oxazole rings is 1. The number of aliphatic carboxylic acids is 1. The first-order valence-electron chi connectivity index (χ1n) is 4.05. The lowest BCUT2D eigenvalue weighted by Gasteiger charge is -2.04. The van der Waals surface area contributed by atoms with Gasteiger partial charge in [0.2, 0.25) is 0 Å². The Kier molecular flexibility index (Phi) is 2.61. The van der Waals surface area contributed by atoms with E-state index in [4.69, 9.17) is 9.52 Å². The summed E-state index contributed by atoms with van der Waals surface area (Å²) < 4.78 is 5.63. The summed E-state index contributed by atoms with van der Waals surface area (Å²) in [4.78, 5) is 14.7. The lowest BCUT2D eigenvalue weighted by atomic mass is 10.1. The Morgan fingerprint density at radius 3 is 2.93 bits per heavy atom. The number of nitrogens with zero attached hydrogens (tertiary/aromatic N) is 1. The first kappa shape index (κ1) is 10.4. The summed E-state index contributed by atoms with van der Waals surface area (Å²) in [6, 6.07) is 4.82. The number of aliphatic hydroxyl groups excluding tert-OH is 1. The van der Waals surface area contributed by atoms with Gasteiger partial charge in [-0.25, -0.2) is 9.78 Å². The summed E-state index contributed by atoms with van der Waals surface area (Å²) in [5.41, 5.74) is 1.07. The Morgan fingerprint density at radius 1 is 1.53 bits per heavy atom. The molecule has 0 saturated carbocycles. The van der Waals surface area contributed by atoms with Crippen LogP contribution in [0.2, 0.25) is 0 Å². The molecular formula is C9H6INO4. The Hall–Kier alpha value is -1.15. The molecule has 1 heterocycles. The SMILES string of the molecule is O=C(O)C(O)c1cccc2nc(I)oc12. The van der Waals surface area contributed by atoms with Crippen molar-refractivity contribution in [3.63, 3.8) is 0 Å². The highest BCUT2D eigenvalue weighted by Crippen LogP contribution is 2.25. The van der Waals surface area contributed by atoms with Crippen LogP contribution in [0.25, 0.3) is 11.1 Å². The largest absolute Gasteiger partial charge is 0.479 e. The van der Waals surface area contributed by atoms with Crippen molar-refractivity contribution >= 4 is 39.7 Å². The molecule has 0 bridgehead atoms. The van der Waals surface area contributed by atoms with E-state index in [-0.39, 0.29) is 5.56 Å². The molecule has 1 aromatic heterocycles. The number of halogens is 1. The minimum atomic E-state index is -1.59. The lowest BCUT2D eigenvalue weighted by Crippen LogP contribution is -2.10. The second kappa shape index (κ2) is 3.78. The van der Waals surface area contributed by atoms with E-state index in [0.717, 1.165) is 0 Å². The van der Waals surface area contributed by atoms with Crippen LogP contribution in [0, 0.1) is 3.90 Å². The maximum Gasteiger partial charge on any atom is 0.337 e. The highest BCUT2D eigenvalue weighted by Gasteiger charge is 2.21. The predicted molar refractivity (Wildman–Crippen MR) is 59.3 cm³/mol. The Balaban J connectivity index is 2.64. The topological polar surface area (TPSA) is 83.6 Å². The van der Waals surface area contributed by atoms with Crippen molar-refractivity contribution < 1.29 is 19.4 Å². The molecule has 0 amide bonds. The van der Waals surface area contributed by atoms with Gasteiger partial charge in [0.05, 0.1) is 0 Å². The van der Waals surface area contributed by atoms with Crippen LogP contribution < -0.4 is 0 Å². The fraction of sp³-hybridized carbons (Fsp3) is 0.111. The van der Waals surface area contributed by atoms with E-state index < -0.39 is 12.1 Å². The standard InChI is InChI=1S/C9H6INO4/c10-9-11-5-3-1-2-4(7(5)15-9)6(12)8(13)14/h1-3,6,12H,(H,13,14). The van der Waals surface area contributed by atoms with Crippen molar-refractivity contribution in [1.29, 1.82) is 0 Å². The molecule has 0 radical (unpaired) electrons. The molecule has 0 spiro atoms. The normalized spacial score (nSPS) is 12.9. The first-order chi connectivity index (χ1) is 7.09. The number of hydrogen-bond acceptors (Lipinski definition) is 4. The number of aromatic nitrogens is 1. The molecule has 1 aromatic carbocycles. The molecule has 2 N–H and O–H groups in total. The molecule has 6 heteroatoms. The zero-order valence-electron chi connectivity index (χ0n) is 7.35. The van der Waals surface area contributed by atoms with Gasteiger partial charge >= 0.3 is 5.97 Å². The zero-order valence-corrected chi connectivity index (χ0v) is 9.50. The van der Waals surface area contributed by atoms with E-state index in [1.54, 1.807) is 12.1 Å². The van der Waals surface area contributed by atoms with Crippen molar-refractivity contribution in [2.75, 3.05) is 0 Å². The molecule has 0 aliphatic heterocycles. The third kappa shape index (κ3) is 1.82. The van der Waals surface area contributed by atoms with E-state index in [1.165, 1.54) is 6.07 Å². The third-order valence-electron chi connectivity index (χ3n) is 1.95. The molecule has 0 fully saturated rings. The summed E-state index contributed by atoms with van der Waals surface area (Å²) in [5.74, 6) is -1.31. The van der Waals surface area contributed by atoms with Crippen LogP contribution in [-0.4, -0.2) is 21.2 Å². The fourth-order valence-electron chi connectivity index (χ4n) is 1.29. The van der Waals surface area contributed by atoms with Crippen LogP contribution in [0.1, 0.15) is 11.7 Å². The Bertz CT molecular complexity index is 522. The van der Waals surface area contributed by atoms with Crippen molar-refractivity contribution in [3.05, 3.63) is 27.7 Å². The van der Waals surface area contributed by atoms with Crippen molar-refractivity contribution in [1.82, 2.24) is 4.98 Å². The molecule has 0 aliphatic rings. The van der Waals surface area contributed by atoms with Gasteiger partial charge in [0.15, 0.2) is 11.7 Å². The molecule has 0 aliphatic carbocycles. The maximum absolute atomic E-state index is 10.6. The monoisotopic (exact) mass is 319 g/mol. The van der Waals surface area contributed by atoms with Gasteiger partial charge in [-0.3, -0.25) is 0 Å². The van der Waals surface area contributed by atoms with Crippen LogP contribution >= 0.6 is 22.6 Å². The average Bonchev–Trinajstić information content (AvgIpc) is 2.56. The number of aliphatic hydroxyl groups is 1. The number of carboxylic acid groups (broad SMARTS) is 1. The summed E-state index contributed by atoms with van der Waals surface area (Å²) in [6.07, 6.45) is -1.59. The summed E-state index contributed by atoms with van der Waals surface area (Å²) in [6.45, 7) is 0. The van der Waals surface area contributed by atoms with Gasteiger partial charge in [0.1, 0.15) is 5.52 Å². The van der Waals surface area contributed by atoms with Gasteiger partial charge in [0.25, 0.3) is 3.90 Å². The van der Waals surface area contributed by atoms with E-state index in [1.807, 2.05) is 22.6 Å². The molecular weight excluding hydrogens is 313 g/mol. The van der Waals surface area contributed by atoms with Crippen molar-refractivity contribution in [3.8, 4) is 0 Å². The molecule has 1 atom stereocenters. The lowest BCUT2D eigenvalue weighted by molar-refractivity contribution is -0.146. The molecule has 2 aromatic rings. The van der Waals surface area contributed by atoms with Gasteiger partial charge in [-0.2, -0.15) is 0 Å². The van der Waals surface area contributed by atoms with Gasteiger partial charge in [0, 0.05) is 28.2 Å². The van der Waals surface area contributed by atoms with Gasteiger partial charge < -0.3 is 14.6 Å². The van der Waals surface area contributed by atoms with Crippen LogP contribution in [0.5, 0.6) is 0 Å². The number of hydrogen-bond donors (Lipinski definition) is 2. The fourth-order valence-corrected chi connectivity index (χ4v) is 1.77. The summed E-state index contributed by atoms with van der Waals surface area (Å²) in [7, 11) is 0. The second-order valence-electron chi connectivity index (χ2n) is 2.90. The average molecular weight is 319 g/mol. The van der Waals surface area contributed by atoms with Gasteiger partial charge in [-0.1, -0.05) is 12.1 Å². The van der Waals surface area contributed by atoms with E-state index in [2.05, 4.69) is 4.98 Å². The number of rotatable bonds is 2. The predicted octanol–water partition coefficient (Wildman–Crippen LogP) is 1.55. The quantitative estimate of drug-likeness (QED) is 0.821. The van der Waals surface area contributed by atoms with Crippen molar-refractivity contribution in [2.45, 2.75) is 6.10 Å². The van der Waals surface area contributed by atoms with E-state index in [9.17, 15) is 9.90 Å². The van der Waals surface area contributed by atoms with Crippen LogP contribution in [0.4, 0.5) is 0 Å². The summed E-state index contributed by atoms with van der Waals surface area (Å²) in [5, 5.41) is 18.1. The molecule has 5 nitrogen and oxygen atoms in total. The number of benzene rings is 1. The zero-order chi connectivity index (χ0) is 11.0. The number of para-hydroxylation sites is 1. The Morgan fingerprint density at radius 2 is 2.27 bits per heavy atom. The smallest absolute Gasteiger partial charge is 0.337 e. The van der Waals surface area contributed by atoms with Crippen LogP contribution in [-0.2, 0) is 4.79 Å². The van der Waals surface area contributed by atoms with Crippen LogP contribution in [0.15, 0.2) is 22.6 Å². The molecule has 15 heavy (non-hydrogen) atoms. The van der Waals surface area contributed by atoms with Gasteiger partial charge in [-0.05, 0) is 6.07 Å². The minimum absolute atomic E-state index is 0.218. The number of fused-ring (bicyclic) bond motifs is 1. The minimum Gasteiger partial charge on any atom is -0.479 e. The number of carbonyl (C=O) groups is 1. The molecule has 2 rings (SSSR count). The van der Waals surface area contributed by atoms with Crippen molar-refractivity contribution in [2.24, 2.45) is 0 Å².